The Bertz CT molecular complexity index is 349. The molecular formula is C13H17NO4. The third-order valence-electron chi connectivity index (χ3n) is 1.34. The number of nitriles is 1. The second kappa shape index (κ2) is 11.1. The van der Waals surface area contributed by atoms with Gasteiger partial charge in [0, 0.05) is 17.2 Å². The number of carbonyl (C=O) groups excluding carboxylic acids is 2. The number of hydrogen-bond acceptors (Lipinski definition) is 5. The summed E-state index contributed by atoms with van der Waals surface area (Å²) in [5.41, 5.74) is 0.632. The lowest BCUT2D eigenvalue weighted by atomic mass is 10.4. The highest BCUT2D eigenvalue weighted by Gasteiger charge is 2.05. The molecule has 0 heterocycles. The first kappa shape index (κ1) is 18.0. The summed E-state index contributed by atoms with van der Waals surface area (Å²) >= 11 is 0. The smallest absolute Gasteiger partial charge is 0.333 e. The second-order valence-electron chi connectivity index (χ2n) is 3.17. The fourth-order valence-corrected chi connectivity index (χ4v) is 0.515. The summed E-state index contributed by atoms with van der Waals surface area (Å²) in [6, 6.07) is 1.69. The predicted molar refractivity (Wildman–Crippen MR) is 67.4 cm³/mol. The van der Waals surface area contributed by atoms with E-state index in [9.17, 15) is 9.59 Å². The van der Waals surface area contributed by atoms with Gasteiger partial charge in [0.1, 0.15) is 13.2 Å². The molecule has 0 radical (unpaired) electrons. The Morgan fingerprint density at radius 2 is 1.39 bits per heavy atom. The highest BCUT2D eigenvalue weighted by atomic mass is 16.6. The van der Waals surface area contributed by atoms with Gasteiger partial charge in [0.25, 0.3) is 0 Å². The normalized spacial score (nSPS) is 7.83. The van der Waals surface area contributed by atoms with E-state index in [1.165, 1.54) is 6.08 Å². The summed E-state index contributed by atoms with van der Waals surface area (Å²) in [5.74, 6) is -0.979. The first-order valence-electron chi connectivity index (χ1n) is 5.02. The largest absolute Gasteiger partial charge is 0.459 e. The third-order valence-corrected chi connectivity index (χ3v) is 1.34. The minimum absolute atomic E-state index is 0.0325. The quantitative estimate of drug-likeness (QED) is 0.323. The molecule has 0 fully saturated rings. The molecule has 0 saturated carbocycles. The topological polar surface area (TPSA) is 76.4 Å². The van der Waals surface area contributed by atoms with Gasteiger partial charge in [-0.2, -0.15) is 5.26 Å². The average Bonchev–Trinajstić information content (AvgIpc) is 2.33. The predicted octanol–water partition coefficient (Wildman–Crippen LogP) is 1.92. The molecule has 98 valence electrons. The van der Waals surface area contributed by atoms with Gasteiger partial charge in [0.15, 0.2) is 0 Å². The first-order valence-corrected chi connectivity index (χ1v) is 5.02. The SMILES string of the molecule is C=C(C)C(=O)OCCOC(=O)C(=C)C.C=CC#N. The van der Waals surface area contributed by atoms with E-state index >= 15 is 0 Å². The number of nitrogens with zero attached hydrogens (tertiary/aromatic N) is 1. The van der Waals surface area contributed by atoms with Gasteiger partial charge >= 0.3 is 11.9 Å². The van der Waals surface area contributed by atoms with Crippen LogP contribution < -0.4 is 0 Å². The van der Waals surface area contributed by atoms with Crippen molar-refractivity contribution in [3.05, 3.63) is 37.0 Å². The van der Waals surface area contributed by atoms with Gasteiger partial charge in [-0.05, 0) is 13.8 Å². The zero-order valence-electron chi connectivity index (χ0n) is 10.7. The van der Waals surface area contributed by atoms with Crippen molar-refractivity contribution in [2.24, 2.45) is 0 Å². The van der Waals surface area contributed by atoms with Crippen LogP contribution in [0.1, 0.15) is 13.8 Å². The van der Waals surface area contributed by atoms with E-state index in [-0.39, 0.29) is 13.2 Å². The Balaban J connectivity index is 0. The Kier molecular flexibility index (Phi) is 11.2. The minimum atomic E-state index is -0.489. The van der Waals surface area contributed by atoms with Crippen molar-refractivity contribution in [1.82, 2.24) is 0 Å². The molecule has 0 rings (SSSR count). The molecule has 5 nitrogen and oxygen atoms in total. The van der Waals surface area contributed by atoms with Crippen molar-refractivity contribution in [2.45, 2.75) is 13.8 Å². The fraction of sp³-hybridized carbons (Fsp3) is 0.308. The number of esters is 2. The molecule has 0 unspecified atom stereocenters. The first-order chi connectivity index (χ1) is 8.36. The van der Waals surface area contributed by atoms with E-state index in [4.69, 9.17) is 5.26 Å². The van der Waals surface area contributed by atoms with Gasteiger partial charge in [0.2, 0.25) is 0 Å². The van der Waals surface area contributed by atoms with Crippen molar-refractivity contribution in [3.8, 4) is 6.07 Å². The molecule has 0 aliphatic carbocycles. The second-order valence-corrected chi connectivity index (χ2v) is 3.17. The number of hydrogen-bond donors (Lipinski definition) is 0. The number of allylic oxidation sites excluding steroid dienone is 1. The van der Waals surface area contributed by atoms with Gasteiger partial charge in [0.05, 0.1) is 6.07 Å². The molecule has 0 aliphatic rings. The Morgan fingerprint density at radius 1 is 1.11 bits per heavy atom. The van der Waals surface area contributed by atoms with Crippen molar-refractivity contribution < 1.29 is 19.1 Å². The molecule has 0 aromatic rings. The lowest BCUT2D eigenvalue weighted by molar-refractivity contribution is -0.147. The van der Waals surface area contributed by atoms with Crippen molar-refractivity contribution >= 4 is 11.9 Å². The van der Waals surface area contributed by atoms with E-state index in [1.807, 2.05) is 0 Å². The number of ether oxygens (including phenoxy) is 2. The van der Waals surface area contributed by atoms with E-state index < -0.39 is 11.9 Å². The molecule has 0 aromatic carbocycles. The molecule has 0 amide bonds. The molecule has 0 bridgehead atoms. The van der Waals surface area contributed by atoms with Gasteiger partial charge in [-0.1, -0.05) is 19.7 Å². The van der Waals surface area contributed by atoms with Crippen LogP contribution in [0.2, 0.25) is 0 Å². The maximum Gasteiger partial charge on any atom is 0.333 e. The molecule has 0 N–H and O–H groups in total. The van der Waals surface area contributed by atoms with E-state index in [1.54, 1.807) is 19.9 Å². The van der Waals surface area contributed by atoms with Crippen LogP contribution in [0.15, 0.2) is 37.0 Å². The maximum absolute atomic E-state index is 10.8. The molecule has 0 atom stereocenters. The highest BCUT2D eigenvalue weighted by Crippen LogP contribution is 1.94. The molecule has 5 heteroatoms. The van der Waals surface area contributed by atoms with Gasteiger partial charge in [-0.3, -0.25) is 0 Å². The van der Waals surface area contributed by atoms with Crippen LogP contribution in [-0.2, 0) is 19.1 Å². The standard InChI is InChI=1S/C10H14O4.C3H3N/c1-7(2)9(11)13-5-6-14-10(12)8(3)4;1-2-3-4/h1,3,5-6H2,2,4H3;2H,1H2. The van der Waals surface area contributed by atoms with Crippen LogP contribution in [-0.4, -0.2) is 25.2 Å². The van der Waals surface area contributed by atoms with Crippen LogP contribution in [0.3, 0.4) is 0 Å². The maximum atomic E-state index is 10.8. The summed E-state index contributed by atoms with van der Waals surface area (Å²) in [4.78, 5) is 21.7. The lowest BCUT2D eigenvalue weighted by Gasteiger charge is -2.05. The Labute approximate surface area is 107 Å². The Morgan fingerprint density at radius 3 is 1.56 bits per heavy atom. The summed E-state index contributed by atoms with van der Waals surface area (Å²) < 4.78 is 9.38. The van der Waals surface area contributed by atoms with E-state index in [0.717, 1.165) is 0 Å². The summed E-state index contributed by atoms with van der Waals surface area (Å²) in [7, 11) is 0. The van der Waals surface area contributed by atoms with Crippen LogP contribution in [0.5, 0.6) is 0 Å². The summed E-state index contributed by atoms with van der Waals surface area (Å²) in [6.45, 7) is 13.1. The van der Waals surface area contributed by atoms with E-state index in [2.05, 4.69) is 29.2 Å². The van der Waals surface area contributed by atoms with Crippen LogP contribution in [0, 0.1) is 11.3 Å². The van der Waals surface area contributed by atoms with Crippen molar-refractivity contribution in [2.75, 3.05) is 13.2 Å². The van der Waals surface area contributed by atoms with Gasteiger partial charge in [-0.15, -0.1) is 0 Å². The van der Waals surface area contributed by atoms with Crippen LogP contribution >= 0.6 is 0 Å². The molecule has 0 spiro atoms. The van der Waals surface area contributed by atoms with Crippen molar-refractivity contribution in [3.63, 3.8) is 0 Å². The minimum Gasteiger partial charge on any atom is -0.459 e. The Hall–Kier alpha value is -2.35. The highest BCUT2D eigenvalue weighted by molar-refractivity contribution is 5.87. The summed E-state index contributed by atoms with van der Waals surface area (Å²) in [6.07, 6.45) is 1.18. The zero-order valence-corrected chi connectivity index (χ0v) is 10.7. The molecule has 0 aromatic heterocycles. The summed E-state index contributed by atoms with van der Waals surface area (Å²) in [5, 5.41) is 7.51. The monoisotopic (exact) mass is 251 g/mol. The lowest BCUT2D eigenvalue weighted by Crippen LogP contribution is -2.14. The number of rotatable bonds is 5. The van der Waals surface area contributed by atoms with Crippen LogP contribution in [0.4, 0.5) is 0 Å². The van der Waals surface area contributed by atoms with Gasteiger partial charge < -0.3 is 9.47 Å². The van der Waals surface area contributed by atoms with Gasteiger partial charge in [-0.25, -0.2) is 9.59 Å². The van der Waals surface area contributed by atoms with Crippen LogP contribution in [0.25, 0.3) is 0 Å². The van der Waals surface area contributed by atoms with Crippen molar-refractivity contribution in [1.29, 1.82) is 5.26 Å². The van der Waals surface area contributed by atoms with E-state index in [0.29, 0.717) is 11.1 Å². The molecular weight excluding hydrogens is 234 g/mol. The fourth-order valence-electron chi connectivity index (χ4n) is 0.515. The molecule has 18 heavy (non-hydrogen) atoms. The zero-order chi connectivity index (χ0) is 14.6. The molecule has 0 saturated heterocycles. The average molecular weight is 251 g/mol. The number of carbonyl (C=O) groups is 2. The molecule has 0 aliphatic heterocycles. The third kappa shape index (κ3) is 11.7.